The molecule has 156 valence electrons. The van der Waals surface area contributed by atoms with Crippen LogP contribution in [0, 0.1) is 5.92 Å². The van der Waals surface area contributed by atoms with Crippen molar-refractivity contribution in [2.24, 2.45) is 10.9 Å². The lowest BCUT2D eigenvalue weighted by molar-refractivity contribution is -0.143. The first-order valence-corrected chi connectivity index (χ1v) is 10.5. The summed E-state index contributed by atoms with van der Waals surface area (Å²) in [4.78, 5) is 30.0. The van der Waals surface area contributed by atoms with Crippen LogP contribution < -0.4 is 10.6 Å². The molecule has 0 aromatic carbocycles. The van der Waals surface area contributed by atoms with Crippen molar-refractivity contribution in [1.82, 2.24) is 15.5 Å². The molecule has 7 nitrogen and oxygen atoms in total. The third-order valence-electron chi connectivity index (χ3n) is 4.54. The van der Waals surface area contributed by atoms with Crippen LogP contribution >= 0.6 is 0 Å². The fourth-order valence-electron chi connectivity index (χ4n) is 3.12. The highest BCUT2D eigenvalue weighted by Gasteiger charge is 2.27. The largest absolute Gasteiger partial charge is 0.466 e. The van der Waals surface area contributed by atoms with E-state index in [1.54, 1.807) is 0 Å². The lowest BCUT2D eigenvalue weighted by Gasteiger charge is -2.20. The van der Waals surface area contributed by atoms with Crippen molar-refractivity contribution < 1.29 is 14.3 Å². The van der Waals surface area contributed by atoms with Crippen molar-refractivity contribution >= 4 is 17.8 Å². The first-order valence-electron chi connectivity index (χ1n) is 10.5. The maximum absolute atomic E-state index is 12.1. The van der Waals surface area contributed by atoms with Gasteiger partial charge >= 0.3 is 5.97 Å². The molecule has 7 heteroatoms. The number of esters is 1. The van der Waals surface area contributed by atoms with E-state index in [9.17, 15) is 9.59 Å². The summed E-state index contributed by atoms with van der Waals surface area (Å²) in [6, 6.07) is 0.259. The Hall–Kier alpha value is -1.79. The highest BCUT2D eigenvalue weighted by atomic mass is 16.5. The molecule has 0 spiro atoms. The minimum Gasteiger partial charge on any atom is -0.466 e. The second-order valence-electron chi connectivity index (χ2n) is 7.30. The molecule has 1 aliphatic rings. The third kappa shape index (κ3) is 9.63. The van der Waals surface area contributed by atoms with Gasteiger partial charge in [-0.05, 0) is 33.1 Å². The van der Waals surface area contributed by atoms with Crippen LogP contribution in [0.5, 0.6) is 0 Å². The van der Waals surface area contributed by atoms with Crippen LogP contribution in [-0.2, 0) is 14.3 Å². The third-order valence-corrected chi connectivity index (χ3v) is 4.54. The summed E-state index contributed by atoms with van der Waals surface area (Å²) in [5, 5.41) is 6.74. The van der Waals surface area contributed by atoms with Gasteiger partial charge in [0.15, 0.2) is 5.96 Å². The number of amides is 1. The summed E-state index contributed by atoms with van der Waals surface area (Å²) in [5.74, 6) is 1.00. The molecule has 0 aromatic heterocycles. The Morgan fingerprint density at radius 3 is 2.59 bits per heavy atom. The molecule has 1 unspecified atom stereocenters. The standard InChI is InChI=1S/C20H38N4O3/c1-5-21-20(22-13-10-8-7-9-11-18(25)27-6-2)23-17-12-14-24(15-17)19(26)16(3)4/h16-17H,5-15H2,1-4H3,(H2,21,22,23). The maximum Gasteiger partial charge on any atom is 0.305 e. The fraction of sp³-hybridized carbons (Fsp3) is 0.850. The summed E-state index contributed by atoms with van der Waals surface area (Å²) < 4.78 is 4.92. The van der Waals surface area contributed by atoms with E-state index in [2.05, 4.69) is 22.5 Å². The summed E-state index contributed by atoms with van der Waals surface area (Å²) in [6.45, 7) is 11.4. The lowest BCUT2D eigenvalue weighted by Crippen LogP contribution is -2.45. The predicted molar refractivity (Wildman–Crippen MR) is 109 cm³/mol. The van der Waals surface area contributed by atoms with Crippen LogP contribution in [0.25, 0.3) is 0 Å². The van der Waals surface area contributed by atoms with Crippen LogP contribution in [0.15, 0.2) is 4.99 Å². The van der Waals surface area contributed by atoms with Crippen LogP contribution in [0.1, 0.15) is 66.2 Å². The lowest BCUT2D eigenvalue weighted by atomic mass is 10.1. The number of rotatable bonds is 11. The van der Waals surface area contributed by atoms with Gasteiger partial charge in [-0.25, -0.2) is 0 Å². The monoisotopic (exact) mass is 382 g/mol. The van der Waals surface area contributed by atoms with Crippen LogP contribution in [0.4, 0.5) is 0 Å². The molecule has 0 saturated carbocycles. The number of likely N-dealkylation sites (tertiary alicyclic amines) is 1. The van der Waals surface area contributed by atoms with E-state index < -0.39 is 0 Å². The molecular formula is C20H38N4O3. The maximum atomic E-state index is 12.1. The number of nitrogens with zero attached hydrogens (tertiary/aromatic N) is 2. The molecule has 1 amide bonds. The fourth-order valence-corrected chi connectivity index (χ4v) is 3.12. The zero-order valence-corrected chi connectivity index (χ0v) is 17.6. The Morgan fingerprint density at radius 2 is 1.93 bits per heavy atom. The number of carbonyl (C=O) groups excluding carboxylic acids is 2. The number of hydrogen-bond acceptors (Lipinski definition) is 4. The van der Waals surface area contributed by atoms with Crippen LogP contribution in [0.2, 0.25) is 0 Å². The Bertz CT molecular complexity index is 480. The normalized spacial score (nSPS) is 17.3. The number of hydrogen-bond donors (Lipinski definition) is 2. The molecule has 2 N–H and O–H groups in total. The molecular weight excluding hydrogens is 344 g/mol. The zero-order valence-electron chi connectivity index (χ0n) is 17.6. The SMILES string of the molecule is CCNC(=NCCCCCCC(=O)OCC)NC1CCN(C(=O)C(C)C)C1. The van der Waals surface area contributed by atoms with E-state index in [0.717, 1.165) is 64.2 Å². The van der Waals surface area contributed by atoms with Crippen molar-refractivity contribution in [3.8, 4) is 0 Å². The van der Waals surface area contributed by atoms with Gasteiger partial charge in [0.1, 0.15) is 0 Å². The van der Waals surface area contributed by atoms with E-state index in [0.29, 0.717) is 13.0 Å². The number of guanidine groups is 1. The average molecular weight is 383 g/mol. The van der Waals surface area contributed by atoms with Crippen LogP contribution in [0.3, 0.4) is 0 Å². The number of nitrogens with one attached hydrogen (secondary N) is 2. The molecule has 1 rings (SSSR count). The van der Waals surface area contributed by atoms with Crippen molar-refractivity contribution in [3.63, 3.8) is 0 Å². The van der Waals surface area contributed by atoms with Crippen molar-refractivity contribution in [2.45, 2.75) is 72.3 Å². The van der Waals surface area contributed by atoms with E-state index in [1.165, 1.54) is 0 Å². The minimum atomic E-state index is -0.101. The van der Waals surface area contributed by atoms with Gasteiger partial charge in [0.25, 0.3) is 0 Å². The van der Waals surface area contributed by atoms with Crippen LogP contribution in [-0.4, -0.2) is 61.6 Å². The molecule has 0 radical (unpaired) electrons. The second kappa shape index (κ2) is 13.4. The van der Waals surface area contributed by atoms with Gasteiger partial charge in [-0.1, -0.05) is 26.7 Å². The van der Waals surface area contributed by atoms with E-state index in [4.69, 9.17) is 4.74 Å². The van der Waals surface area contributed by atoms with Gasteiger partial charge in [0.2, 0.25) is 5.91 Å². The smallest absolute Gasteiger partial charge is 0.305 e. The summed E-state index contributed by atoms with van der Waals surface area (Å²) >= 11 is 0. The van der Waals surface area contributed by atoms with Gasteiger partial charge < -0.3 is 20.3 Å². The molecule has 1 saturated heterocycles. The quantitative estimate of drug-likeness (QED) is 0.248. The van der Waals surface area contributed by atoms with Gasteiger partial charge in [-0.2, -0.15) is 0 Å². The van der Waals surface area contributed by atoms with E-state index in [-0.39, 0.29) is 23.8 Å². The van der Waals surface area contributed by atoms with Gasteiger partial charge in [0.05, 0.1) is 6.61 Å². The van der Waals surface area contributed by atoms with Crippen molar-refractivity contribution in [1.29, 1.82) is 0 Å². The Labute approximate surface area is 164 Å². The first kappa shape index (κ1) is 23.2. The molecule has 1 aliphatic heterocycles. The molecule has 0 bridgehead atoms. The number of unbranched alkanes of at least 4 members (excludes halogenated alkanes) is 3. The van der Waals surface area contributed by atoms with Gasteiger partial charge in [-0.3, -0.25) is 14.6 Å². The Morgan fingerprint density at radius 1 is 1.19 bits per heavy atom. The number of carbonyl (C=O) groups is 2. The van der Waals surface area contributed by atoms with Gasteiger partial charge in [-0.15, -0.1) is 0 Å². The minimum absolute atomic E-state index is 0.0504. The van der Waals surface area contributed by atoms with Crippen molar-refractivity contribution in [3.05, 3.63) is 0 Å². The summed E-state index contributed by atoms with van der Waals surface area (Å²) in [7, 11) is 0. The highest BCUT2D eigenvalue weighted by molar-refractivity contribution is 5.81. The molecule has 0 aliphatic carbocycles. The molecule has 0 aromatic rings. The van der Waals surface area contributed by atoms with Crippen molar-refractivity contribution in [2.75, 3.05) is 32.8 Å². The van der Waals surface area contributed by atoms with Gasteiger partial charge in [0, 0.05) is 44.6 Å². The zero-order chi connectivity index (χ0) is 20.1. The topological polar surface area (TPSA) is 83.0 Å². The average Bonchev–Trinajstić information content (AvgIpc) is 3.08. The highest BCUT2D eigenvalue weighted by Crippen LogP contribution is 2.12. The molecule has 1 atom stereocenters. The second-order valence-corrected chi connectivity index (χ2v) is 7.30. The summed E-state index contributed by atoms with van der Waals surface area (Å²) in [5.41, 5.74) is 0. The number of ether oxygens (including phenoxy) is 1. The molecule has 27 heavy (non-hydrogen) atoms. The molecule has 1 fully saturated rings. The Balaban J connectivity index is 2.26. The first-order chi connectivity index (χ1) is 13.0. The Kier molecular flexibility index (Phi) is 11.5. The van der Waals surface area contributed by atoms with E-state index in [1.807, 2.05) is 25.7 Å². The van der Waals surface area contributed by atoms with E-state index >= 15 is 0 Å². The summed E-state index contributed by atoms with van der Waals surface area (Å²) in [6.07, 6.45) is 5.42. The number of aliphatic imine (C=N–C) groups is 1. The molecule has 1 heterocycles. The predicted octanol–water partition coefficient (Wildman–Crippen LogP) is 2.31.